The molecule has 2 aromatic rings. The standard InChI is InChI=1S/C17H19NO3/c1-11-10-18(13(3)14-8-6-5-7-9-14)16(19)12(2)15(11)17(20)21-4/h5-10,13H,1-4H3. The van der Waals surface area contributed by atoms with E-state index < -0.39 is 5.97 Å². The molecule has 2 rings (SSSR count). The van der Waals surface area contributed by atoms with E-state index in [0.29, 0.717) is 11.1 Å². The Bertz CT molecular complexity index is 717. The number of hydrogen-bond donors (Lipinski definition) is 0. The number of pyridine rings is 1. The van der Waals surface area contributed by atoms with Crippen molar-refractivity contribution in [3.8, 4) is 0 Å². The van der Waals surface area contributed by atoms with E-state index >= 15 is 0 Å². The number of carbonyl (C=O) groups is 1. The summed E-state index contributed by atoms with van der Waals surface area (Å²) in [7, 11) is 1.32. The first-order valence-electron chi connectivity index (χ1n) is 6.83. The Morgan fingerprint density at radius 2 is 1.81 bits per heavy atom. The largest absolute Gasteiger partial charge is 0.465 e. The van der Waals surface area contributed by atoms with Crippen LogP contribution in [0.25, 0.3) is 0 Å². The van der Waals surface area contributed by atoms with Crippen molar-refractivity contribution in [3.63, 3.8) is 0 Å². The maximum Gasteiger partial charge on any atom is 0.338 e. The van der Waals surface area contributed by atoms with Crippen molar-refractivity contribution >= 4 is 5.97 Å². The molecule has 0 aliphatic heterocycles. The highest BCUT2D eigenvalue weighted by Crippen LogP contribution is 2.19. The van der Waals surface area contributed by atoms with Crippen LogP contribution in [0.5, 0.6) is 0 Å². The normalized spacial score (nSPS) is 12.0. The molecule has 1 unspecified atom stereocenters. The molecule has 1 aromatic heterocycles. The van der Waals surface area contributed by atoms with Crippen LogP contribution < -0.4 is 5.56 Å². The van der Waals surface area contributed by atoms with Gasteiger partial charge >= 0.3 is 5.97 Å². The maximum absolute atomic E-state index is 12.5. The molecule has 0 saturated heterocycles. The number of ether oxygens (including phenoxy) is 1. The third kappa shape index (κ3) is 2.75. The molecule has 0 radical (unpaired) electrons. The Balaban J connectivity index is 2.58. The summed E-state index contributed by atoms with van der Waals surface area (Å²) in [5.74, 6) is -0.471. The Morgan fingerprint density at radius 3 is 2.38 bits per heavy atom. The summed E-state index contributed by atoms with van der Waals surface area (Å²) in [6.45, 7) is 5.44. The first-order valence-corrected chi connectivity index (χ1v) is 6.83. The van der Waals surface area contributed by atoms with Crippen LogP contribution in [0.3, 0.4) is 0 Å². The Morgan fingerprint density at radius 1 is 1.19 bits per heavy atom. The van der Waals surface area contributed by atoms with E-state index in [1.165, 1.54) is 7.11 Å². The highest BCUT2D eigenvalue weighted by atomic mass is 16.5. The van der Waals surface area contributed by atoms with E-state index in [2.05, 4.69) is 0 Å². The average Bonchev–Trinajstić information content (AvgIpc) is 2.51. The van der Waals surface area contributed by atoms with E-state index in [1.54, 1.807) is 17.7 Å². The number of esters is 1. The van der Waals surface area contributed by atoms with E-state index in [9.17, 15) is 9.59 Å². The molecule has 0 saturated carbocycles. The van der Waals surface area contributed by atoms with Crippen LogP contribution in [0, 0.1) is 13.8 Å². The lowest BCUT2D eigenvalue weighted by Crippen LogP contribution is -2.28. The Kier molecular flexibility index (Phi) is 4.26. The van der Waals surface area contributed by atoms with Crippen LogP contribution in [-0.2, 0) is 4.74 Å². The molecule has 4 heteroatoms. The molecule has 1 aromatic carbocycles. The molecule has 1 heterocycles. The maximum atomic E-state index is 12.5. The van der Waals surface area contributed by atoms with E-state index in [4.69, 9.17) is 4.74 Å². The second kappa shape index (κ2) is 5.95. The zero-order valence-corrected chi connectivity index (χ0v) is 12.7. The van der Waals surface area contributed by atoms with Crippen LogP contribution in [0.4, 0.5) is 0 Å². The van der Waals surface area contributed by atoms with Gasteiger partial charge in [-0.2, -0.15) is 0 Å². The molecule has 0 N–H and O–H groups in total. The van der Waals surface area contributed by atoms with Crippen molar-refractivity contribution in [2.24, 2.45) is 0 Å². The number of nitrogens with zero attached hydrogens (tertiary/aromatic N) is 1. The zero-order chi connectivity index (χ0) is 15.6. The number of methoxy groups -OCH3 is 1. The number of rotatable bonds is 3. The molecule has 4 nitrogen and oxygen atoms in total. The molecular weight excluding hydrogens is 266 g/mol. The first kappa shape index (κ1) is 15.0. The lowest BCUT2D eigenvalue weighted by Gasteiger charge is -2.19. The predicted molar refractivity (Wildman–Crippen MR) is 81.8 cm³/mol. The van der Waals surface area contributed by atoms with E-state index in [0.717, 1.165) is 11.1 Å². The topological polar surface area (TPSA) is 48.3 Å². The lowest BCUT2D eigenvalue weighted by atomic mass is 10.0. The van der Waals surface area contributed by atoms with Gasteiger partial charge in [0, 0.05) is 11.8 Å². The number of aryl methyl sites for hydroxylation is 1. The van der Waals surface area contributed by atoms with Crippen molar-refractivity contribution in [3.05, 3.63) is 69.1 Å². The van der Waals surface area contributed by atoms with Crippen LogP contribution in [0.1, 0.15) is 40.0 Å². The summed E-state index contributed by atoms with van der Waals surface area (Å²) in [5, 5.41) is 0. The highest BCUT2D eigenvalue weighted by Gasteiger charge is 2.19. The molecule has 0 bridgehead atoms. The predicted octanol–water partition coefficient (Wildman–Crippen LogP) is 2.86. The lowest BCUT2D eigenvalue weighted by molar-refractivity contribution is 0.0598. The van der Waals surface area contributed by atoms with Gasteiger partial charge in [-0.25, -0.2) is 4.79 Å². The number of hydrogen-bond acceptors (Lipinski definition) is 3. The number of benzene rings is 1. The SMILES string of the molecule is COC(=O)c1c(C)cn(C(C)c2ccccc2)c(=O)c1C. The van der Waals surface area contributed by atoms with Gasteiger partial charge in [-0.05, 0) is 31.9 Å². The fourth-order valence-electron chi connectivity index (χ4n) is 2.52. The monoisotopic (exact) mass is 285 g/mol. The molecule has 1 atom stereocenters. The molecule has 0 amide bonds. The van der Waals surface area contributed by atoms with Crippen LogP contribution in [-0.4, -0.2) is 17.6 Å². The van der Waals surface area contributed by atoms with Crippen LogP contribution >= 0.6 is 0 Å². The third-order valence-electron chi connectivity index (χ3n) is 3.75. The van der Waals surface area contributed by atoms with E-state index in [1.807, 2.05) is 44.2 Å². The highest BCUT2D eigenvalue weighted by molar-refractivity contribution is 5.92. The fourth-order valence-corrected chi connectivity index (χ4v) is 2.52. The van der Waals surface area contributed by atoms with Crippen molar-refractivity contribution in [1.29, 1.82) is 0 Å². The average molecular weight is 285 g/mol. The van der Waals surface area contributed by atoms with Gasteiger partial charge in [0.1, 0.15) is 0 Å². The van der Waals surface area contributed by atoms with Crippen molar-refractivity contribution < 1.29 is 9.53 Å². The second-order valence-corrected chi connectivity index (χ2v) is 5.10. The summed E-state index contributed by atoms with van der Waals surface area (Å²) in [6.07, 6.45) is 1.72. The van der Waals surface area contributed by atoms with Gasteiger partial charge in [-0.15, -0.1) is 0 Å². The van der Waals surface area contributed by atoms with Crippen molar-refractivity contribution in [2.45, 2.75) is 26.8 Å². The van der Waals surface area contributed by atoms with Gasteiger partial charge in [0.05, 0.1) is 18.7 Å². The first-order chi connectivity index (χ1) is 9.97. The Labute approximate surface area is 124 Å². The minimum Gasteiger partial charge on any atom is -0.465 e. The summed E-state index contributed by atoms with van der Waals surface area (Å²) in [6, 6.07) is 9.70. The van der Waals surface area contributed by atoms with Crippen LogP contribution in [0.2, 0.25) is 0 Å². The fraction of sp³-hybridized carbons (Fsp3) is 0.294. The molecule has 0 aliphatic rings. The number of aromatic nitrogens is 1. The zero-order valence-electron chi connectivity index (χ0n) is 12.7. The minimum atomic E-state index is -0.471. The molecule has 0 spiro atoms. The molecule has 0 fully saturated rings. The Hall–Kier alpha value is -2.36. The smallest absolute Gasteiger partial charge is 0.338 e. The molecular formula is C17H19NO3. The van der Waals surface area contributed by atoms with Crippen LogP contribution in [0.15, 0.2) is 41.3 Å². The van der Waals surface area contributed by atoms with Gasteiger partial charge in [-0.3, -0.25) is 4.79 Å². The van der Waals surface area contributed by atoms with Gasteiger partial charge < -0.3 is 9.30 Å². The van der Waals surface area contributed by atoms with Crippen molar-refractivity contribution in [1.82, 2.24) is 4.57 Å². The molecule has 0 aliphatic carbocycles. The summed E-state index contributed by atoms with van der Waals surface area (Å²) >= 11 is 0. The quantitative estimate of drug-likeness (QED) is 0.815. The summed E-state index contributed by atoms with van der Waals surface area (Å²) in [4.78, 5) is 24.3. The van der Waals surface area contributed by atoms with Gasteiger partial charge in [0.15, 0.2) is 0 Å². The van der Waals surface area contributed by atoms with Gasteiger partial charge in [-0.1, -0.05) is 30.3 Å². The molecule has 110 valence electrons. The van der Waals surface area contributed by atoms with Gasteiger partial charge in [0.25, 0.3) is 5.56 Å². The second-order valence-electron chi connectivity index (χ2n) is 5.10. The molecule has 21 heavy (non-hydrogen) atoms. The summed E-state index contributed by atoms with van der Waals surface area (Å²) < 4.78 is 6.41. The van der Waals surface area contributed by atoms with Gasteiger partial charge in [0.2, 0.25) is 0 Å². The van der Waals surface area contributed by atoms with Crippen molar-refractivity contribution in [2.75, 3.05) is 7.11 Å². The summed E-state index contributed by atoms with van der Waals surface area (Å²) in [5.41, 5.74) is 2.40. The van der Waals surface area contributed by atoms with E-state index in [-0.39, 0.29) is 11.6 Å². The third-order valence-corrected chi connectivity index (χ3v) is 3.75. The number of carbonyl (C=O) groups excluding carboxylic acids is 1. The minimum absolute atomic E-state index is 0.0946.